The summed E-state index contributed by atoms with van der Waals surface area (Å²) >= 11 is 12.9. The Hall–Kier alpha value is -1.37. The number of nitrogens with zero attached hydrogens (tertiary/aromatic N) is 3. The van der Waals surface area contributed by atoms with Gasteiger partial charge in [-0.1, -0.05) is 33.8 Å². The largest absolute Gasteiger partial charge is 0.480 e. The molecule has 0 bridgehead atoms. The van der Waals surface area contributed by atoms with E-state index in [9.17, 15) is 4.79 Å². The van der Waals surface area contributed by atoms with Crippen molar-refractivity contribution >= 4 is 46.4 Å². The number of carbonyl (C=O) groups is 1. The molecule has 0 atom stereocenters. The van der Waals surface area contributed by atoms with E-state index in [1.807, 2.05) is 0 Å². The lowest BCUT2D eigenvalue weighted by Crippen LogP contribution is -2.29. The predicted molar refractivity (Wildman–Crippen MR) is 75.1 cm³/mol. The molecule has 2 aromatic rings. The fourth-order valence-corrected chi connectivity index (χ4v) is 2.34. The van der Waals surface area contributed by atoms with Gasteiger partial charge < -0.3 is 10.0 Å². The molecule has 1 N–H and O–H groups in total. The molecule has 0 aliphatic carbocycles. The van der Waals surface area contributed by atoms with Crippen LogP contribution in [0.1, 0.15) is 5.69 Å². The van der Waals surface area contributed by atoms with Crippen molar-refractivity contribution in [3.63, 3.8) is 0 Å². The summed E-state index contributed by atoms with van der Waals surface area (Å²) in [6, 6.07) is 6.95. The highest BCUT2D eigenvalue weighted by Gasteiger charge is 2.15. The fourth-order valence-electron chi connectivity index (χ4n) is 1.55. The number of carboxylic acids is 1. The van der Waals surface area contributed by atoms with Gasteiger partial charge in [-0.3, -0.25) is 4.79 Å². The van der Waals surface area contributed by atoms with Gasteiger partial charge >= 0.3 is 5.97 Å². The molecule has 0 amide bonds. The van der Waals surface area contributed by atoms with Gasteiger partial charge in [0.1, 0.15) is 16.6 Å². The maximum Gasteiger partial charge on any atom is 0.323 e. The van der Waals surface area contributed by atoms with Gasteiger partial charge in [-0.15, -0.1) is 5.10 Å². The van der Waals surface area contributed by atoms with Crippen LogP contribution in [0.5, 0.6) is 0 Å². The molecule has 0 aliphatic heterocycles. The molecule has 0 unspecified atom stereocenters. The minimum atomic E-state index is -0.945. The lowest BCUT2D eigenvalue weighted by molar-refractivity contribution is -0.135. The average molecular weight is 318 g/mol. The van der Waals surface area contributed by atoms with Gasteiger partial charge in [-0.2, -0.15) is 0 Å². The van der Waals surface area contributed by atoms with Crippen molar-refractivity contribution in [1.82, 2.24) is 9.59 Å². The third-order valence-corrected chi connectivity index (χ3v) is 3.57. The van der Waals surface area contributed by atoms with Crippen LogP contribution in [0.15, 0.2) is 24.3 Å². The van der Waals surface area contributed by atoms with E-state index < -0.39 is 5.97 Å². The van der Waals surface area contributed by atoms with Crippen LogP contribution in [-0.4, -0.2) is 27.2 Å². The van der Waals surface area contributed by atoms with E-state index in [0.717, 1.165) is 11.5 Å². The maximum atomic E-state index is 10.9. The SMILES string of the molecule is O=C(O)CN(Cc1nnsc1Cl)c1cccc(Cl)c1. The first-order valence-corrected chi connectivity index (χ1v) is 6.78. The second kappa shape index (κ2) is 6.18. The Bertz CT molecular complexity index is 591. The Morgan fingerprint density at radius 2 is 2.21 bits per heavy atom. The molecule has 0 aliphatic rings. The molecule has 0 fully saturated rings. The number of hydrogen-bond acceptors (Lipinski definition) is 5. The van der Waals surface area contributed by atoms with Crippen molar-refractivity contribution in [2.45, 2.75) is 6.54 Å². The highest BCUT2D eigenvalue weighted by atomic mass is 35.5. The highest BCUT2D eigenvalue weighted by Crippen LogP contribution is 2.24. The number of carboxylic acid groups (broad SMARTS) is 1. The molecule has 5 nitrogen and oxygen atoms in total. The first-order valence-electron chi connectivity index (χ1n) is 5.25. The number of aliphatic carboxylic acids is 1. The summed E-state index contributed by atoms with van der Waals surface area (Å²) in [5.74, 6) is -0.945. The van der Waals surface area contributed by atoms with Gasteiger partial charge in [0.25, 0.3) is 0 Å². The predicted octanol–water partition coefficient (Wildman–Crippen LogP) is 2.94. The van der Waals surface area contributed by atoms with Crippen molar-refractivity contribution in [1.29, 1.82) is 0 Å². The molecule has 1 heterocycles. The van der Waals surface area contributed by atoms with Crippen molar-refractivity contribution in [3.05, 3.63) is 39.3 Å². The van der Waals surface area contributed by atoms with Crippen LogP contribution in [0.4, 0.5) is 5.69 Å². The second-order valence-electron chi connectivity index (χ2n) is 3.72. The molecule has 0 saturated heterocycles. The quantitative estimate of drug-likeness (QED) is 0.918. The van der Waals surface area contributed by atoms with E-state index in [1.165, 1.54) is 0 Å². The molecule has 100 valence electrons. The number of anilines is 1. The lowest BCUT2D eigenvalue weighted by Gasteiger charge is -2.22. The zero-order valence-electron chi connectivity index (χ0n) is 9.58. The smallest absolute Gasteiger partial charge is 0.323 e. The summed E-state index contributed by atoms with van der Waals surface area (Å²) < 4.78 is 4.18. The topological polar surface area (TPSA) is 66.3 Å². The van der Waals surface area contributed by atoms with Crippen LogP contribution < -0.4 is 4.90 Å². The van der Waals surface area contributed by atoms with Gasteiger partial charge in [0.15, 0.2) is 0 Å². The summed E-state index contributed by atoms with van der Waals surface area (Å²) in [4.78, 5) is 12.6. The fraction of sp³-hybridized carbons (Fsp3) is 0.182. The van der Waals surface area contributed by atoms with E-state index >= 15 is 0 Å². The number of benzene rings is 1. The minimum Gasteiger partial charge on any atom is -0.480 e. The van der Waals surface area contributed by atoms with Gasteiger partial charge in [0, 0.05) is 22.2 Å². The van der Waals surface area contributed by atoms with Gasteiger partial charge in [-0.25, -0.2) is 0 Å². The zero-order chi connectivity index (χ0) is 13.8. The van der Waals surface area contributed by atoms with Crippen LogP contribution in [0, 0.1) is 0 Å². The Labute approximate surface area is 123 Å². The first-order chi connectivity index (χ1) is 9.06. The normalized spacial score (nSPS) is 10.4. The summed E-state index contributed by atoms with van der Waals surface area (Å²) in [5.41, 5.74) is 1.24. The van der Waals surface area contributed by atoms with Crippen molar-refractivity contribution in [3.8, 4) is 0 Å². The molecule has 2 rings (SSSR count). The van der Waals surface area contributed by atoms with E-state index in [2.05, 4.69) is 9.59 Å². The molecule has 0 saturated carbocycles. The lowest BCUT2D eigenvalue weighted by atomic mass is 10.2. The molecule has 0 spiro atoms. The summed E-state index contributed by atoms with van der Waals surface area (Å²) in [7, 11) is 0. The number of rotatable bonds is 5. The number of halogens is 2. The summed E-state index contributed by atoms with van der Waals surface area (Å²) in [5, 5.41) is 13.4. The number of hydrogen-bond donors (Lipinski definition) is 1. The Balaban J connectivity index is 2.26. The zero-order valence-corrected chi connectivity index (χ0v) is 11.9. The Kier molecular flexibility index (Phi) is 4.57. The van der Waals surface area contributed by atoms with Crippen LogP contribution in [0.25, 0.3) is 0 Å². The molecule has 8 heteroatoms. The van der Waals surface area contributed by atoms with Crippen LogP contribution in [-0.2, 0) is 11.3 Å². The molecule has 0 radical (unpaired) electrons. The van der Waals surface area contributed by atoms with Crippen molar-refractivity contribution < 1.29 is 9.90 Å². The van der Waals surface area contributed by atoms with Crippen LogP contribution in [0.3, 0.4) is 0 Å². The number of aromatic nitrogens is 2. The van der Waals surface area contributed by atoms with Gasteiger partial charge in [0.05, 0.1) is 6.54 Å². The third-order valence-electron chi connectivity index (χ3n) is 2.35. The van der Waals surface area contributed by atoms with E-state index in [4.69, 9.17) is 28.3 Å². The van der Waals surface area contributed by atoms with Gasteiger partial charge in [-0.05, 0) is 18.2 Å². The first kappa shape index (κ1) is 14.0. The standard InChI is InChI=1S/C11H9Cl2N3O2S/c12-7-2-1-3-8(4-7)16(6-10(17)18)5-9-11(13)19-15-14-9/h1-4H,5-6H2,(H,17,18). The van der Waals surface area contributed by atoms with Gasteiger partial charge in [0.2, 0.25) is 0 Å². The maximum absolute atomic E-state index is 10.9. The summed E-state index contributed by atoms with van der Waals surface area (Å²) in [6.45, 7) is 0.0934. The third kappa shape index (κ3) is 3.79. The Morgan fingerprint density at radius 1 is 1.42 bits per heavy atom. The second-order valence-corrected chi connectivity index (χ2v) is 5.52. The van der Waals surface area contributed by atoms with Crippen molar-refractivity contribution in [2.75, 3.05) is 11.4 Å². The average Bonchev–Trinajstić information content (AvgIpc) is 2.74. The summed E-state index contributed by atoms with van der Waals surface area (Å²) in [6.07, 6.45) is 0. The highest BCUT2D eigenvalue weighted by molar-refractivity contribution is 7.10. The minimum absolute atomic E-state index is 0.172. The van der Waals surface area contributed by atoms with E-state index in [1.54, 1.807) is 29.2 Å². The van der Waals surface area contributed by atoms with E-state index in [0.29, 0.717) is 20.7 Å². The van der Waals surface area contributed by atoms with Crippen molar-refractivity contribution in [2.24, 2.45) is 0 Å². The molecular weight excluding hydrogens is 309 g/mol. The molecular formula is C11H9Cl2N3O2S. The Morgan fingerprint density at radius 3 is 2.79 bits per heavy atom. The van der Waals surface area contributed by atoms with E-state index in [-0.39, 0.29) is 13.1 Å². The molecule has 1 aromatic heterocycles. The molecule has 1 aromatic carbocycles. The monoisotopic (exact) mass is 317 g/mol. The van der Waals surface area contributed by atoms with Crippen LogP contribution >= 0.6 is 34.7 Å². The van der Waals surface area contributed by atoms with Crippen LogP contribution in [0.2, 0.25) is 9.36 Å². The molecule has 19 heavy (non-hydrogen) atoms.